The molecular formula is C11H13N3. The quantitative estimate of drug-likeness (QED) is 0.675. The van der Waals surface area contributed by atoms with Crippen molar-refractivity contribution in [2.24, 2.45) is 0 Å². The van der Waals surface area contributed by atoms with Crippen LogP contribution in [0, 0.1) is 0 Å². The number of rotatable bonds is 1. The van der Waals surface area contributed by atoms with Crippen molar-refractivity contribution in [3.05, 3.63) is 41.8 Å². The molecule has 1 unspecified atom stereocenters. The van der Waals surface area contributed by atoms with Crippen LogP contribution in [-0.4, -0.2) is 15.4 Å². The van der Waals surface area contributed by atoms with E-state index in [4.69, 9.17) is 0 Å². The molecule has 0 saturated carbocycles. The first-order chi connectivity index (χ1) is 6.71. The highest BCUT2D eigenvalue weighted by Gasteiger charge is 2.26. The zero-order valence-electron chi connectivity index (χ0n) is 8.44. The summed E-state index contributed by atoms with van der Waals surface area (Å²) < 4.78 is 0. The summed E-state index contributed by atoms with van der Waals surface area (Å²) in [5, 5.41) is 11.4. The van der Waals surface area contributed by atoms with Crippen molar-refractivity contribution in [3.8, 4) is 0 Å². The van der Waals surface area contributed by atoms with Crippen LogP contribution in [0.25, 0.3) is 0 Å². The minimum absolute atomic E-state index is 0.0191. The van der Waals surface area contributed by atoms with E-state index in [1.54, 1.807) is 6.20 Å². The summed E-state index contributed by atoms with van der Waals surface area (Å²) in [6.07, 6.45) is 9.21. The normalized spacial score (nSPS) is 26.0. The number of hydrogen-bond donors (Lipinski definition) is 0. The Morgan fingerprint density at radius 3 is 2.93 bits per heavy atom. The van der Waals surface area contributed by atoms with Crippen molar-refractivity contribution in [3.63, 3.8) is 0 Å². The predicted octanol–water partition coefficient (Wildman–Crippen LogP) is 2.04. The van der Waals surface area contributed by atoms with Gasteiger partial charge in [-0.1, -0.05) is 30.7 Å². The first kappa shape index (κ1) is 9.06. The van der Waals surface area contributed by atoms with Gasteiger partial charge < -0.3 is 0 Å². The Kier molecular flexibility index (Phi) is 2.15. The molecular weight excluding hydrogens is 174 g/mol. The Labute approximate surface area is 83.6 Å². The summed E-state index contributed by atoms with van der Waals surface area (Å²) in [5.74, 6) is 0. The van der Waals surface area contributed by atoms with Crippen molar-refractivity contribution >= 4 is 0 Å². The largest absolute Gasteiger partial charge is 0.139 e. The van der Waals surface area contributed by atoms with Crippen LogP contribution in [0.4, 0.5) is 0 Å². The highest BCUT2D eigenvalue weighted by Crippen LogP contribution is 2.31. The molecule has 72 valence electrons. The van der Waals surface area contributed by atoms with Crippen LogP contribution in [-0.2, 0) is 5.41 Å². The van der Waals surface area contributed by atoms with Crippen molar-refractivity contribution in [1.29, 1.82) is 0 Å². The van der Waals surface area contributed by atoms with Gasteiger partial charge in [-0.2, -0.15) is 0 Å². The van der Waals surface area contributed by atoms with Gasteiger partial charge in [0.15, 0.2) is 0 Å². The Bertz CT molecular complexity index is 381. The van der Waals surface area contributed by atoms with E-state index in [-0.39, 0.29) is 5.41 Å². The Morgan fingerprint density at radius 2 is 2.29 bits per heavy atom. The molecule has 0 amide bonds. The van der Waals surface area contributed by atoms with Crippen molar-refractivity contribution in [1.82, 2.24) is 15.4 Å². The van der Waals surface area contributed by atoms with Gasteiger partial charge in [-0.15, -0.1) is 10.2 Å². The molecule has 14 heavy (non-hydrogen) atoms. The molecule has 0 fully saturated rings. The number of hydrogen-bond acceptors (Lipinski definition) is 3. The fourth-order valence-electron chi connectivity index (χ4n) is 1.82. The molecule has 0 bridgehead atoms. The average Bonchev–Trinajstić information content (AvgIpc) is 2.19. The van der Waals surface area contributed by atoms with E-state index in [2.05, 4.69) is 47.5 Å². The Hall–Kier alpha value is -1.51. The molecule has 3 nitrogen and oxygen atoms in total. The van der Waals surface area contributed by atoms with Gasteiger partial charge in [-0.3, -0.25) is 0 Å². The van der Waals surface area contributed by atoms with Crippen LogP contribution in [0.15, 0.2) is 36.1 Å². The molecule has 2 rings (SSSR count). The minimum atomic E-state index is -0.0191. The smallest absolute Gasteiger partial charge is 0.0764 e. The maximum Gasteiger partial charge on any atom is 0.0764 e. The van der Waals surface area contributed by atoms with Gasteiger partial charge in [0.05, 0.1) is 11.9 Å². The molecule has 1 aliphatic carbocycles. The lowest BCUT2D eigenvalue weighted by atomic mass is 9.79. The molecule has 1 aromatic heterocycles. The van der Waals surface area contributed by atoms with Gasteiger partial charge in [0, 0.05) is 5.41 Å². The summed E-state index contributed by atoms with van der Waals surface area (Å²) in [6, 6.07) is 1.93. The number of aromatic nitrogens is 3. The molecule has 1 aromatic rings. The van der Waals surface area contributed by atoms with E-state index in [0.29, 0.717) is 0 Å². The molecule has 0 radical (unpaired) electrons. The third-order valence-corrected chi connectivity index (χ3v) is 2.56. The average molecular weight is 187 g/mol. The summed E-state index contributed by atoms with van der Waals surface area (Å²) in [4.78, 5) is 0. The molecule has 1 atom stereocenters. The van der Waals surface area contributed by atoms with E-state index in [1.807, 2.05) is 6.07 Å². The Morgan fingerprint density at radius 1 is 1.43 bits per heavy atom. The third kappa shape index (κ3) is 1.58. The van der Waals surface area contributed by atoms with Gasteiger partial charge in [0.1, 0.15) is 0 Å². The van der Waals surface area contributed by atoms with Crippen LogP contribution in [0.1, 0.15) is 26.0 Å². The molecule has 0 saturated heterocycles. The second kappa shape index (κ2) is 3.33. The number of nitrogens with zero attached hydrogens (tertiary/aromatic N) is 3. The van der Waals surface area contributed by atoms with E-state index in [1.165, 1.54) is 5.57 Å². The van der Waals surface area contributed by atoms with Gasteiger partial charge in [-0.25, -0.2) is 0 Å². The van der Waals surface area contributed by atoms with Crippen molar-refractivity contribution < 1.29 is 0 Å². The van der Waals surface area contributed by atoms with Crippen molar-refractivity contribution in [2.45, 2.75) is 25.7 Å². The Balaban J connectivity index is 2.39. The summed E-state index contributed by atoms with van der Waals surface area (Å²) >= 11 is 0. The summed E-state index contributed by atoms with van der Waals surface area (Å²) in [5.41, 5.74) is 2.24. The van der Waals surface area contributed by atoms with Crippen molar-refractivity contribution in [2.75, 3.05) is 0 Å². The maximum absolute atomic E-state index is 4.07. The highest BCUT2D eigenvalue weighted by molar-refractivity contribution is 5.33. The van der Waals surface area contributed by atoms with E-state index in [9.17, 15) is 0 Å². The molecule has 0 spiro atoms. The molecule has 1 aliphatic rings. The first-order valence-corrected chi connectivity index (χ1v) is 4.71. The van der Waals surface area contributed by atoms with Crippen LogP contribution in [0.2, 0.25) is 0 Å². The summed E-state index contributed by atoms with van der Waals surface area (Å²) in [7, 11) is 0. The SMILES string of the molecule is CC1=CC(C)(c2ccnnn2)CC=C1. The zero-order chi connectivity index (χ0) is 10.0. The molecule has 0 aromatic carbocycles. The first-order valence-electron chi connectivity index (χ1n) is 4.71. The zero-order valence-corrected chi connectivity index (χ0v) is 8.44. The van der Waals surface area contributed by atoms with Crippen LogP contribution in [0.3, 0.4) is 0 Å². The van der Waals surface area contributed by atoms with Crippen LogP contribution < -0.4 is 0 Å². The van der Waals surface area contributed by atoms with Gasteiger partial charge in [-0.05, 0) is 24.6 Å². The molecule has 0 aliphatic heterocycles. The molecule has 0 N–H and O–H groups in total. The minimum Gasteiger partial charge on any atom is -0.139 e. The molecule has 1 heterocycles. The lowest BCUT2D eigenvalue weighted by molar-refractivity contribution is 0.556. The third-order valence-electron chi connectivity index (χ3n) is 2.56. The summed E-state index contributed by atoms with van der Waals surface area (Å²) in [6.45, 7) is 4.27. The maximum atomic E-state index is 4.07. The fraction of sp³-hybridized carbons (Fsp3) is 0.364. The van der Waals surface area contributed by atoms with Crippen LogP contribution in [0.5, 0.6) is 0 Å². The fourth-order valence-corrected chi connectivity index (χ4v) is 1.82. The standard InChI is InChI=1S/C11H13N3/c1-9-4-3-6-11(2,8-9)10-5-7-12-14-13-10/h3-5,7-8H,6H2,1-2H3. The number of allylic oxidation sites excluding steroid dienone is 4. The lowest BCUT2D eigenvalue weighted by Crippen LogP contribution is -2.22. The van der Waals surface area contributed by atoms with E-state index < -0.39 is 0 Å². The highest BCUT2D eigenvalue weighted by atomic mass is 15.3. The van der Waals surface area contributed by atoms with Gasteiger partial charge in [0.2, 0.25) is 0 Å². The van der Waals surface area contributed by atoms with Crippen LogP contribution >= 0.6 is 0 Å². The predicted molar refractivity (Wildman–Crippen MR) is 54.7 cm³/mol. The van der Waals surface area contributed by atoms with E-state index in [0.717, 1.165) is 12.1 Å². The second-order valence-electron chi connectivity index (χ2n) is 3.92. The second-order valence-corrected chi connectivity index (χ2v) is 3.92. The molecule has 3 heteroatoms. The lowest BCUT2D eigenvalue weighted by Gasteiger charge is -2.26. The van der Waals surface area contributed by atoms with Gasteiger partial charge >= 0.3 is 0 Å². The van der Waals surface area contributed by atoms with E-state index >= 15 is 0 Å². The monoisotopic (exact) mass is 187 g/mol. The van der Waals surface area contributed by atoms with Gasteiger partial charge in [0.25, 0.3) is 0 Å². The topological polar surface area (TPSA) is 38.7 Å².